The highest BCUT2D eigenvalue weighted by Crippen LogP contribution is 2.21. The van der Waals surface area contributed by atoms with Crippen LogP contribution in [0.3, 0.4) is 0 Å². The van der Waals surface area contributed by atoms with Gasteiger partial charge < -0.3 is 15.0 Å². The van der Waals surface area contributed by atoms with Gasteiger partial charge in [-0.2, -0.15) is 0 Å². The second kappa shape index (κ2) is 6.86. The quantitative estimate of drug-likeness (QED) is 0.897. The molecule has 1 rings (SSSR count). The molecule has 1 aromatic rings. The number of hydrogen-bond acceptors (Lipinski definition) is 3. The van der Waals surface area contributed by atoms with E-state index in [4.69, 9.17) is 4.74 Å². The number of rotatable bonds is 5. The SMILES string of the molecule is CC(C)N(C)C(=O)Nc1cccnc1OCC(F)F. The molecule has 0 spiro atoms. The summed E-state index contributed by atoms with van der Waals surface area (Å²) in [4.78, 5) is 17.1. The smallest absolute Gasteiger partial charge is 0.321 e. The highest BCUT2D eigenvalue weighted by atomic mass is 19.3. The lowest BCUT2D eigenvalue weighted by atomic mass is 10.3. The fourth-order valence-electron chi connectivity index (χ4n) is 1.18. The predicted molar refractivity (Wildman–Crippen MR) is 67.7 cm³/mol. The first kappa shape index (κ1) is 15.1. The lowest BCUT2D eigenvalue weighted by Crippen LogP contribution is -2.36. The van der Waals surface area contributed by atoms with Crippen molar-refractivity contribution in [2.75, 3.05) is 19.0 Å². The Morgan fingerprint density at radius 3 is 2.79 bits per heavy atom. The van der Waals surface area contributed by atoms with E-state index >= 15 is 0 Å². The Morgan fingerprint density at radius 2 is 2.21 bits per heavy atom. The number of ether oxygens (including phenoxy) is 1. The molecule has 7 heteroatoms. The van der Waals surface area contributed by atoms with Crippen LogP contribution in [-0.2, 0) is 0 Å². The minimum Gasteiger partial charge on any atom is -0.470 e. The molecular formula is C12H17F2N3O2. The molecule has 0 saturated carbocycles. The Kier molecular flexibility index (Phi) is 5.47. The monoisotopic (exact) mass is 273 g/mol. The van der Waals surface area contributed by atoms with Crippen LogP contribution in [0.5, 0.6) is 5.88 Å². The van der Waals surface area contributed by atoms with E-state index in [9.17, 15) is 13.6 Å². The zero-order valence-electron chi connectivity index (χ0n) is 11.1. The van der Waals surface area contributed by atoms with Crippen molar-refractivity contribution in [2.24, 2.45) is 0 Å². The van der Waals surface area contributed by atoms with Gasteiger partial charge in [0.2, 0.25) is 5.88 Å². The topological polar surface area (TPSA) is 54.5 Å². The van der Waals surface area contributed by atoms with Crippen LogP contribution in [0.15, 0.2) is 18.3 Å². The van der Waals surface area contributed by atoms with Crippen LogP contribution in [0.25, 0.3) is 0 Å². The van der Waals surface area contributed by atoms with Gasteiger partial charge in [-0.25, -0.2) is 18.6 Å². The molecule has 5 nitrogen and oxygen atoms in total. The van der Waals surface area contributed by atoms with Gasteiger partial charge in [0, 0.05) is 19.3 Å². The Labute approximate surface area is 110 Å². The van der Waals surface area contributed by atoms with Crippen molar-refractivity contribution in [3.8, 4) is 5.88 Å². The number of anilines is 1. The van der Waals surface area contributed by atoms with Crippen molar-refractivity contribution in [3.05, 3.63) is 18.3 Å². The normalized spacial score (nSPS) is 10.7. The number of carbonyl (C=O) groups is 1. The number of amides is 2. The highest BCUT2D eigenvalue weighted by molar-refractivity contribution is 5.90. The molecule has 0 radical (unpaired) electrons. The zero-order valence-corrected chi connectivity index (χ0v) is 11.1. The second-order valence-corrected chi connectivity index (χ2v) is 4.19. The van der Waals surface area contributed by atoms with Crippen LogP contribution in [0.2, 0.25) is 0 Å². The lowest BCUT2D eigenvalue weighted by molar-refractivity contribution is 0.0800. The van der Waals surface area contributed by atoms with E-state index in [1.807, 2.05) is 13.8 Å². The Morgan fingerprint density at radius 1 is 1.53 bits per heavy atom. The minimum absolute atomic E-state index is 0.0158. The molecule has 0 aliphatic carbocycles. The van der Waals surface area contributed by atoms with Gasteiger partial charge in [0.05, 0.1) is 0 Å². The van der Waals surface area contributed by atoms with Gasteiger partial charge in [-0.05, 0) is 26.0 Å². The van der Waals surface area contributed by atoms with Gasteiger partial charge in [-0.15, -0.1) is 0 Å². The molecule has 0 saturated heterocycles. The highest BCUT2D eigenvalue weighted by Gasteiger charge is 2.15. The number of alkyl halides is 2. The second-order valence-electron chi connectivity index (χ2n) is 4.19. The third kappa shape index (κ3) is 4.69. The Balaban J connectivity index is 2.75. The summed E-state index contributed by atoms with van der Waals surface area (Å²) in [5, 5.41) is 2.57. The summed E-state index contributed by atoms with van der Waals surface area (Å²) in [6.07, 6.45) is -1.19. The van der Waals surface area contributed by atoms with Crippen molar-refractivity contribution in [1.29, 1.82) is 0 Å². The molecule has 0 aliphatic heterocycles. The lowest BCUT2D eigenvalue weighted by Gasteiger charge is -2.22. The molecule has 106 valence electrons. The van der Waals surface area contributed by atoms with Gasteiger partial charge >= 0.3 is 6.03 Å². The average Bonchev–Trinajstić information content (AvgIpc) is 2.36. The third-order valence-corrected chi connectivity index (χ3v) is 2.45. The van der Waals surface area contributed by atoms with E-state index in [2.05, 4.69) is 10.3 Å². The van der Waals surface area contributed by atoms with Crippen molar-refractivity contribution in [3.63, 3.8) is 0 Å². The number of pyridine rings is 1. The van der Waals surface area contributed by atoms with Crippen LogP contribution < -0.4 is 10.1 Å². The zero-order chi connectivity index (χ0) is 14.4. The van der Waals surface area contributed by atoms with Crippen LogP contribution in [-0.4, -0.2) is 42.0 Å². The maximum atomic E-state index is 12.1. The van der Waals surface area contributed by atoms with E-state index in [1.165, 1.54) is 11.1 Å². The minimum atomic E-state index is -2.59. The first-order valence-corrected chi connectivity index (χ1v) is 5.81. The van der Waals surface area contributed by atoms with E-state index in [1.54, 1.807) is 19.2 Å². The summed E-state index contributed by atoms with van der Waals surface area (Å²) in [7, 11) is 1.63. The molecule has 0 fully saturated rings. The average molecular weight is 273 g/mol. The molecule has 1 heterocycles. The summed E-state index contributed by atoms with van der Waals surface area (Å²) in [6.45, 7) is 2.95. The van der Waals surface area contributed by atoms with Crippen LogP contribution in [0, 0.1) is 0 Å². The molecule has 0 bridgehead atoms. The first-order valence-electron chi connectivity index (χ1n) is 5.81. The first-order chi connectivity index (χ1) is 8.91. The maximum Gasteiger partial charge on any atom is 0.321 e. The molecule has 19 heavy (non-hydrogen) atoms. The number of hydrogen-bond donors (Lipinski definition) is 1. The fraction of sp³-hybridized carbons (Fsp3) is 0.500. The fourth-order valence-corrected chi connectivity index (χ4v) is 1.18. The van der Waals surface area contributed by atoms with Crippen LogP contribution in [0.1, 0.15) is 13.8 Å². The Bertz CT molecular complexity index is 427. The van der Waals surface area contributed by atoms with Crippen molar-refractivity contribution in [1.82, 2.24) is 9.88 Å². The third-order valence-electron chi connectivity index (χ3n) is 2.45. The summed E-state index contributed by atoms with van der Waals surface area (Å²) in [6, 6.07) is 2.78. The predicted octanol–water partition coefficient (Wildman–Crippen LogP) is 2.60. The van der Waals surface area contributed by atoms with Gasteiger partial charge in [-0.1, -0.05) is 0 Å². The van der Waals surface area contributed by atoms with E-state index in [-0.39, 0.29) is 23.6 Å². The summed E-state index contributed by atoms with van der Waals surface area (Å²) >= 11 is 0. The molecule has 2 amide bonds. The molecule has 0 aromatic carbocycles. The van der Waals surface area contributed by atoms with Crippen molar-refractivity contribution < 1.29 is 18.3 Å². The van der Waals surface area contributed by atoms with E-state index < -0.39 is 13.0 Å². The largest absolute Gasteiger partial charge is 0.470 e. The maximum absolute atomic E-state index is 12.1. The van der Waals surface area contributed by atoms with E-state index in [0.717, 1.165) is 0 Å². The number of aromatic nitrogens is 1. The number of urea groups is 1. The molecule has 0 unspecified atom stereocenters. The van der Waals surface area contributed by atoms with Crippen LogP contribution in [0.4, 0.5) is 19.3 Å². The molecular weight excluding hydrogens is 256 g/mol. The summed E-state index contributed by atoms with van der Waals surface area (Å²) in [5.41, 5.74) is 0.264. The summed E-state index contributed by atoms with van der Waals surface area (Å²) in [5.74, 6) is -0.0201. The van der Waals surface area contributed by atoms with Crippen molar-refractivity contribution >= 4 is 11.7 Å². The molecule has 0 aliphatic rings. The number of halogens is 2. The van der Waals surface area contributed by atoms with Gasteiger partial charge in [-0.3, -0.25) is 0 Å². The Hall–Kier alpha value is -1.92. The molecule has 1 N–H and O–H groups in total. The van der Waals surface area contributed by atoms with Crippen LogP contribution >= 0.6 is 0 Å². The summed E-state index contributed by atoms with van der Waals surface area (Å²) < 4.78 is 29.0. The standard InChI is InChI=1S/C12H17F2N3O2/c1-8(2)17(3)12(18)16-9-5-4-6-15-11(9)19-7-10(13)14/h4-6,8,10H,7H2,1-3H3,(H,16,18). The molecule has 0 atom stereocenters. The number of nitrogens with zero attached hydrogens (tertiary/aromatic N) is 2. The van der Waals surface area contributed by atoms with Gasteiger partial charge in [0.1, 0.15) is 5.69 Å². The molecule has 1 aromatic heterocycles. The van der Waals surface area contributed by atoms with Crippen molar-refractivity contribution in [2.45, 2.75) is 26.3 Å². The number of nitrogens with one attached hydrogen (secondary N) is 1. The van der Waals surface area contributed by atoms with E-state index in [0.29, 0.717) is 0 Å². The number of carbonyl (C=O) groups excluding carboxylic acids is 1. The van der Waals surface area contributed by atoms with Gasteiger partial charge in [0.25, 0.3) is 6.43 Å². The van der Waals surface area contributed by atoms with Gasteiger partial charge in [0.15, 0.2) is 6.61 Å².